The quantitative estimate of drug-likeness (QED) is 0.385. The smallest absolute Gasteiger partial charge is 0.465 e. The number of fused-ring (bicyclic) bond motifs is 1. The van der Waals surface area contributed by atoms with Crippen LogP contribution in [-0.2, 0) is 9.47 Å². The number of hydrogen-bond acceptors (Lipinski definition) is 5. The number of ether oxygens (including phenoxy) is 3. The average Bonchev–Trinajstić information content (AvgIpc) is 3.40. The van der Waals surface area contributed by atoms with E-state index in [9.17, 15) is 22.8 Å². The van der Waals surface area contributed by atoms with Crippen molar-refractivity contribution in [2.75, 3.05) is 7.11 Å². The lowest BCUT2D eigenvalue weighted by Crippen LogP contribution is -2.38. The maximum absolute atomic E-state index is 12.6. The van der Waals surface area contributed by atoms with E-state index in [0.29, 0.717) is 17.5 Å². The molecule has 4 rings (SSSR count). The lowest BCUT2D eigenvalue weighted by molar-refractivity contribution is -0.274. The Balaban J connectivity index is 1.65. The van der Waals surface area contributed by atoms with Crippen LogP contribution in [0, 0.1) is 0 Å². The predicted octanol–water partition coefficient (Wildman–Crippen LogP) is 6.61. The van der Waals surface area contributed by atoms with Gasteiger partial charge in [-0.2, -0.15) is 0 Å². The van der Waals surface area contributed by atoms with Crippen molar-refractivity contribution in [3.8, 4) is 16.9 Å². The molecule has 1 aromatic heterocycles. The number of halogens is 3. The molecule has 0 aliphatic heterocycles. The first-order valence-corrected chi connectivity index (χ1v) is 11.9. The molecule has 0 unspecified atom stereocenters. The van der Waals surface area contributed by atoms with Crippen molar-refractivity contribution in [3.63, 3.8) is 0 Å². The Bertz CT molecular complexity index is 1290. The first-order valence-electron chi connectivity index (χ1n) is 11.9. The van der Waals surface area contributed by atoms with Crippen molar-refractivity contribution in [1.82, 2.24) is 9.88 Å². The number of nitrogens with one attached hydrogen (secondary N) is 1. The topological polar surface area (TPSA) is 78.8 Å². The SMILES string of the molecule is COC(=O)c1ccc2c(c1)c(-c1ccc(OC(F)(F)F)cc1)cn2[C@H]1CC[C@@H](NC(=O)OC(C)(C)C)C1. The van der Waals surface area contributed by atoms with Crippen molar-refractivity contribution >= 4 is 23.0 Å². The highest BCUT2D eigenvalue weighted by Crippen LogP contribution is 2.39. The number of hydrogen-bond donors (Lipinski definition) is 1. The fraction of sp³-hybridized carbons (Fsp3) is 0.407. The second-order valence-corrected chi connectivity index (χ2v) is 10.1. The van der Waals surface area contributed by atoms with Gasteiger partial charge in [-0.1, -0.05) is 12.1 Å². The Morgan fingerprint density at radius 1 is 1.03 bits per heavy atom. The van der Waals surface area contributed by atoms with Crippen molar-refractivity contribution in [1.29, 1.82) is 0 Å². The second kappa shape index (κ2) is 9.99. The van der Waals surface area contributed by atoms with Crippen LogP contribution in [0.4, 0.5) is 18.0 Å². The summed E-state index contributed by atoms with van der Waals surface area (Å²) in [6, 6.07) is 10.8. The fourth-order valence-corrected chi connectivity index (χ4v) is 4.68. The zero-order valence-electron chi connectivity index (χ0n) is 21.0. The van der Waals surface area contributed by atoms with E-state index >= 15 is 0 Å². The third-order valence-corrected chi connectivity index (χ3v) is 6.17. The molecule has 1 aliphatic carbocycles. The molecule has 0 saturated heterocycles. The predicted molar refractivity (Wildman–Crippen MR) is 131 cm³/mol. The number of amides is 1. The Labute approximate surface area is 212 Å². The molecule has 7 nitrogen and oxygen atoms in total. The number of alkyl carbamates (subject to hydrolysis) is 1. The molecule has 1 aliphatic rings. The molecule has 0 radical (unpaired) electrons. The van der Waals surface area contributed by atoms with Crippen LogP contribution in [0.5, 0.6) is 5.75 Å². The summed E-state index contributed by atoms with van der Waals surface area (Å²) < 4.78 is 54.1. The molecule has 3 aromatic rings. The summed E-state index contributed by atoms with van der Waals surface area (Å²) in [5.74, 6) is -0.806. The van der Waals surface area contributed by atoms with Crippen LogP contribution >= 0.6 is 0 Å². The highest BCUT2D eigenvalue weighted by molar-refractivity contribution is 6.01. The van der Waals surface area contributed by atoms with Gasteiger partial charge in [0.05, 0.1) is 12.7 Å². The molecule has 37 heavy (non-hydrogen) atoms. The molecular weight excluding hydrogens is 489 g/mol. The summed E-state index contributed by atoms with van der Waals surface area (Å²) in [6.07, 6.45) is -1.05. The van der Waals surface area contributed by atoms with E-state index in [1.165, 1.54) is 19.2 Å². The van der Waals surface area contributed by atoms with Crippen LogP contribution in [0.1, 0.15) is 56.4 Å². The van der Waals surface area contributed by atoms with Crippen LogP contribution in [0.15, 0.2) is 48.7 Å². The van der Waals surface area contributed by atoms with Gasteiger partial charge in [-0.05, 0) is 75.9 Å². The van der Waals surface area contributed by atoms with Crippen LogP contribution < -0.4 is 10.1 Å². The molecule has 2 atom stereocenters. The molecule has 2 aromatic carbocycles. The summed E-state index contributed by atoms with van der Waals surface area (Å²) in [7, 11) is 1.30. The highest BCUT2D eigenvalue weighted by atomic mass is 19.4. The van der Waals surface area contributed by atoms with E-state index in [-0.39, 0.29) is 17.8 Å². The van der Waals surface area contributed by atoms with Crippen molar-refractivity contribution in [2.24, 2.45) is 0 Å². The highest BCUT2D eigenvalue weighted by Gasteiger charge is 2.32. The van der Waals surface area contributed by atoms with Crippen LogP contribution in [0.3, 0.4) is 0 Å². The van der Waals surface area contributed by atoms with Crippen LogP contribution in [0.25, 0.3) is 22.0 Å². The number of alkyl halides is 3. The number of methoxy groups -OCH3 is 1. The van der Waals surface area contributed by atoms with Gasteiger partial charge in [0.25, 0.3) is 0 Å². The normalized spacial score (nSPS) is 18.0. The minimum atomic E-state index is -4.78. The molecular formula is C27H29F3N2O5. The van der Waals surface area contributed by atoms with Gasteiger partial charge in [-0.25, -0.2) is 9.59 Å². The number of rotatable bonds is 5. The Kier molecular flexibility index (Phi) is 7.12. The Hall–Kier alpha value is -3.69. The lowest BCUT2D eigenvalue weighted by atomic mass is 10.0. The third kappa shape index (κ3) is 6.36. The van der Waals surface area contributed by atoms with E-state index in [1.807, 2.05) is 33.0 Å². The van der Waals surface area contributed by atoms with E-state index in [4.69, 9.17) is 9.47 Å². The number of nitrogens with zero attached hydrogens (tertiary/aromatic N) is 1. The summed E-state index contributed by atoms with van der Waals surface area (Å²) in [6.45, 7) is 5.42. The van der Waals surface area contributed by atoms with Crippen molar-refractivity contribution in [2.45, 2.75) is 64.1 Å². The van der Waals surface area contributed by atoms with Gasteiger partial charge in [0, 0.05) is 34.7 Å². The van der Waals surface area contributed by atoms with Gasteiger partial charge >= 0.3 is 18.4 Å². The van der Waals surface area contributed by atoms with Gasteiger partial charge in [0.15, 0.2) is 0 Å². The number of carbonyl (C=O) groups is 2. The van der Waals surface area contributed by atoms with Gasteiger partial charge in [0.2, 0.25) is 0 Å². The molecule has 1 saturated carbocycles. The van der Waals surface area contributed by atoms with Gasteiger partial charge in [-0.15, -0.1) is 13.2 Å². The maximum Gasteiger partial charge on any atom is 0.573 e. The van der Waals surface area contributed by atoms with E-state index < -0.39 is 24.0 Å². The average molecular weight is 519 g/mol. The van der Waals surface area contributed by atoms with E-state index in [2.05, 4.69) is 14.6 Å². The third-order valence-electron chi connectivity index (χ3n) is 6.17. The van der Waals surface area contributed by atoms with Crippen molar-refractivity contribution in [3.05, 3.63) is 54.2 Å². The Morgan fingerprint density at radius 3 is 2.35 bits per heavy atom. The summed E-state index contributed by atoms with van der Waals surface area (Å²) >= 11 is 0. The molecule has 1 fully saturated rings. The molecule has 0 spiro atoms. The summed E-state index contributed by atoms with van der Waals surface area (Å²) in [5, 5.41) is 3.70. The van der Waals surface area contributed by atoms with E-state index in [1.54, 1.807) is 24.3 Å². The van der Waals surface area contributed by atoms with E-state index in [0.717, 1.165) is 29.3 Å². The maximum atomic E-state index is 12.6. The molecule has 1 heterocycles. The molecule has 1 amide bonds. The first kappa shape index (κ1) is 26.4. The molecule has 0 bridgehead atoms. The van der Waals surface area contributed by atoms with Crippen molar-refractivity contribution < 1.29 is 37.0 Å². The Morgan fingerprint density at radius 2 is 1.73 bits per heavy atom. The summed E-state index contributed by atoms with van der Waals surface area (Å²) in [5.41, 5.74) is 2.05. The van der Waals surface area contributed by atoms with Crippen LogP contribution in [-0.4, -0.2) is 41.7 Å². The van der Waals surface area contributed by atoms with Gasteiger partial charge < -0.3 is 24.1 Å². The minimum Gasteiger partial charge on any atom is -0.465 e. The first-order chi connectivity index (χ1) is 17.3. The lowest BCUT2D eigenvalue weighted by Gasteiger charge is -2.22. The molecule has 1 N–H and O–H groups in total. The molecule has 198 valence electrons. The van der Waals surface area contributed by atoms with Gasteiger partial charge in [-0.3, -0.25) is 0 Å². The van der Waals surface area contributed by atoms with Gasteiger partial charge in [0.1, 0.15) is 11.4 Å². The number of carbonyl (C=O) groups excluding carboxylic acids is 2. The minimum absolute atomic E-state index is 0.0612. The zero-order chi connectivity index (χ0) is 27.0. The number of esters is 1. The fourth-order valence-electron chi connectivity index (χ4n) is 4.68. The number of aromatic nitrogens is 1. The zero-order valence-corrected chi connectivity index (χ0v) is 21.0. The largest absolute Gasteiger partial charge is 0.573 e. The monoisotopic (exact) mass is 518 g/mol. The number of benzene rings is 2. The standard InChI is InChI=1S/C27H29F3N2O5/c1-26(2,3)37-25(34)31-18-8-9-19(14-18)32-15-22(16-5-10-20(11-6-16)36-27(28,29)30)21-13-17(24(33)35-4)7-12-23(21)32/h5-7,10-13,15,18-19H,8-9,14H2,1-4H3,(H,31,34)/t18-,19+/m1/s1. The van der Waals surface area contributed by atoms with Crippen LogP contribution in [0.2, 0.25) is 0 Å². The second-order valence-electron chi connectivity index (χ2n) is 10.1. The summed E-state index contributed by atoms with van der Waals surface area (Å²) in [4.78, 5) is 24.4. The molecule has 10 heteroatoms.